The lowest BCUT2D eigenvalue weighted by Gasteiger charge is -2.31. The van der Waals surface area contributed by atoms with Crippen molar-refractivity contribution in [3.63, 3.8) is 0 Å². The summed E-state index contributed by atoms with van der Waals surface area (Å²) in [5.41, 5.74) is 9.67. The van der Waals surface area contributed by atoms with Gasteiger partial charge in [-0.15, -0.1) is 0 Å². The Morgan fingerprint density at radius 2 is 1.88 bits per heavy atom. The normalized spacial score (nSPS) is 17.8. The number of nitrogens with one attached hydrogen (secondary N) is 1. The van der Waals surface area contributed by atoms with E-state index in [1.807, 2.05) is 36.4 Å². The Balaban J connectivity index is 1.68. The number of hydrogen-bond acceptors (Lipinski definition) is 4. The molecule has 25 heavy (non-hydrogen) atoms. The van der Waals surface area contributed by atoms with Gasteiger partial charge in [0.25, 0.3) is 0 Å². The third kappa shape index (κ3) is 3.38. The average molecular weight is 336 g/mol. The first kappa shape index (κ1) is 16.1. The minimum Gasteiger partial charge on any atom is -0.397 e. The summed E-state index contributed by atoms with van der Waals surface area (Å²) >= 11 is 0. The van der Waals surface area contributed by atoms with Crippen LogP contribution in [0.5, 0.6) is 0 Å². The fourth-order valence-corrected chi connectivity index (χ4v) is 3.44. The van der Waals surface area contributed by atoms with Gasteiger partial charge in [0, 0.05) is 13.1 Å². The molecule has 1 atom stereocenters. The van der Waals surface area contributed by atoms with Gasteiger partial charge in [-0.25, -0.2) is 4.98 Å². The van der Waals surface area contributed by atoms with Crippen LogP contribution >= 0.6 is 0 Å². The van der Waals surface area contributed by atoms with Crippen LogP contribution in [-0.2, 0) is 4.74 Å². The number of nitrogens with two attached hydrogens (primary N) is 1. The van der Waals surface area contributed by atoms with Gasteiger partial charge in [-0.3, -0.25) is 0 Å². The smallest absolute Gasteiger partial charge is 0.141 e. The molecule has 130 valence electrons. The number of aromatic amines is 1. The Hall–Kier alpha value is -2.37. The van der Waals surface area contributed by atoms with Crippen molar-refractivity contribution in [1.29, 1.82) is 0 Å². The maximum absolute atomic E-state index is 6.52. The lowest BCUT2D eigenvalue weighted by Crippen LogP contribution is -2.35. The third-order valence-corrected chi connectivity index (χ3v) is 4.91. The van der Waals surface area contributed by atoms with E-state index < -0.39 is 0 Å². The number of likely N-dealkylation sites (tertiary alicyclic amines) is 1. The number of fused-ring (bicyclic) bond motifs is 1. The average Bonchev–Trinajstić information content (AvgIpc) is 3.07. The molecule has 0 radical (unpaired) electrons. The van der Waals surface area contributed by atoms with E-state index in [4.69, 9.17) is 15.5 Å². The maximum Gasteiger partial charge on any atom is 0.141 e. The molecule has 0 saturated carbocycles. The summed E-state index contributed by atoms with van der Waals surface area (Å²) in [5.74, 6) is 0.818. The third-order valence-electron chi connectivity index (χ3n) is 4.91. The zero-order valence-corrected chi connectivity index (χ0v) is 14.5. The number of ether oxygens (including phenoxy) is 1. The van der Waals surface area contributed by atoms with Crippen LogP contribution in [0.2, 0.25) is 0 Å². The molecule has 0 bridgehead atoms. The quantitative estimate of drug-likeness (QED) is 0.717. The highest BCUT2D eigenvalue weighted by Gasteiger charge is 2.25. The SMILES string of the molecule is CN1CCC(OC(c2ccccc2)c2nc3cccc(N)c3[nH]2)CC1. The predicted octanol–water partition coefficient (Wildman–Crippen LogP) is 3.35. The van der Waals surface area contributed by atoms with Gasteiger partial charge in [0.2, 0.25) is 0 Å². The molecule has 3 N–H and O–H groups in total. The van der Waals surface area contributed by atoms with E-state index in [0.29, 0.717) is 5.69 Å². The molecule has 3 aromatic rings. The van der Waals surface area contributed by atoms with Gasteiger partial charge >= 0.3 is 0 Å². The maximum atomic E-state index is 6.52. The Labute approximate surface area is 147 Å². The summed E-state index contributed by atoms with van der Waals surface area (Å²) in [6.45, 7) is 2.14. The lowest BCUT2D eigenvalue weighted by atomic mass is 10.1. The van der Waals surface area contributed by atoms with Gasteiger partial charge in [0.1, 0.15) is 11.9 Å². The molecule has 0 spiro atoms. The van der Waals surface area contributed by atoms with Crippen LogP contribution in [0.15, 0.2) is 48.5 Å². The predicted molar refractivity (Wildman–Crippen MR) is 100 cm³/mol. The van der Waals surface area contributed by atoms with Gasteiger partial charge in [-0.1, -0.05) is 36.4 Å². The number of benzene rings is 2. The van der Waals surface area contributed by atoms with Crippen molar-refractivity contribution >= 4 is 16.7 Å². The molecule has 2 heterocycles. The van der Waals surface area contributed by atoms with Crippen LogP contribution in [0.3, 0.4) is 0 Å². The summed E-state index contributed by atoms with van der Waals surface area (Å²) in [7, 11) is 2.16. The molecule has 1 saturated heterocycles. The fraction of sp³-hybridized carbons (Fsp3) is 0.350. The van der Waals surface area contributed by atoms with Gasteiger partial charge in [0.15, 0.2) is 0 Å². The van der Waals surface area contributed by atoms with Crippen molar-refractivity contribution in [3.05, 3.63) is 59.9 Å². The van der Waals surface area contributed by atoms with Crippen LogP contribution in [0.25, 0.3) is 11.0 Å². The van der Waals surface area contributed by atoms with E-state index in [1.54, 1.807) is 0 Å². The summed E-state index contributed by atoms with van der Waals surface area (Å²) in [6.07, 6.45) is 2.12. The van der Waals surface area contributed by atoms with E-state index in [0.717, 1.165) is 48.4 Å². The molecule has 5 nitrogen and oxygen atoms in total. The molecule has 1 unspecified atom stereocenters. The zero-order chi connectivity index (χ0) is 17.2. The lowest BCUT2D eigenvalue weighted by molar-refractivity contribution is -0.0264. The number of nitrogen functional groups attached to an aromatic ring is 1. The van der Waals surface area contributed by atoms with Crippen LogP contribution in [-0.4, -0.2) is 41.1 Å². The molecule has 0 aliphatic carbocycles. The number of para-hydroxylation sites is 1. The highest BCUT2D eigenvalue weighted by atomic mass is 16.5. The van der Waals surface area contributed by atoms with E-state index in [1.165, 1.54) is 0 Å². The first-order valence-corrected chi connectivity index (χ1v) is 8.84. The van der Waals surface area contributed by atoms with Crippen molar-refractivity contribution in [2.75, 3.05) is 25.9 Å². The van der Waals surface area contributed by atoms with Gasteiger partial charge in [0.05, 0.1) is 22.8 Å². The van der Waals surface area contributed by atoms with E-state index in [9.17, 15) is 0 Å². The number of rotatable bonds is 4. The standard InChI is InChI=1S/C20H24N4O/c1-24-12-10-15(11-13-24)25-19(14-6-3-2-4-7-14)20-22-17-9-5-8-16(21)18(17)23-20/h2-9,15,19H,10-13,21H2,1H3,(H,22,23). The number of aromatic nitrogens is 2. The number of H-pyrrole nitrogens is 1. The molecule has 4 rings (SSSR count). The van der Waals surface area contributed by atoms with Crippen molar-refractivity contribution < 1.29 is 4.74 Å². The Kier molecular flexibility index (Phi) is 4.42. The minimum absolute atomic E-state index is 0.207. The monoisotopic (exact) mass is 336 g/mol. The zero-order valence-electron chi connectivity index (χ0n) is 14.5. The molecule has 1 aliphatic rings. The summed E-state index contributed by atoms with van der Waals surface area (Å²) in [6, 6.07) is 16.1. The number of imidazole rings is 1. The Bertz CT molecular complexity index is 837. The fourth-order valence-electron chi connectivity index (χ4n) is 3.44. The van der Waals surface area contributed by atoms with Crippen molar-refractivity contribution in [2.24, 2.45) is 0 Å². The molecule has 5 heteroatoms. The first-order valence-electron chi connectivity index (χ1n) is 8.84. The van der Waals surface area contributed by atoms with E-state index in [-0.39, 0.29) is 12.2 Å². The second-order valence-electron chi connectivity index (χ2n) is 6.79. The molecule has 1 aromatic heterocycles. The molecular weight excluding hydrogens is 312 g/mol. The van der Waals surface area contributed by atoms with E-state index >= 15 is 0 Å². The Morgan fingerprint density at radius 3 is 2.60 bits per heavy atom. The largest absolute Gasteiger partial charge is 0.397 e. The molecular formula is C20H24N4O. The highest BCUT2D eigenvalue weighted by Crippen LogP contribution is 2.30. The van der Waals surface area contributed by atoms with Gasteiger partial charge < -0.3 is 20.4 Å². The van der Waals surface area contributed by atoms with Crippen molar-refractivity contribution in [3.8, 4) is 0 Å². The summed E-state index contributed by atoms with van der Waals surface area (Å²) < 4.78 is 6.52. The molecule has 2 aromatic carbocycles. The molecule has 1 fully saturated rings. The summed E-state index contributed by atoms with van der Waals surface area (Å²) in [5, 5.41) is 0. The number of piperidine rings is 1. The molecule has 1 aliphatic heterocycles. The second-order valence-corrected chi connectivity index (χ2v) is 6.79. The first-order chi connectivity index (χ1) is 12.2. The Morgan fingerprint density at radius 1 is 1.12 bits per heavy atom. The van der Waals surface area contributed by atoms with Crippen LogP contribution in [0, 0.1) is 0 Å². The number of hydrogen-bond donors (Lipinski definition) is 2. The number of anilines is 1. The second kappa shape index (κ2) is 6.86. The van der Waals surface area contributed by atoms with Crippen molar-refractivity contribution in [2.45, 2.75) is 25.0 Å². The van der Waals surface area contributed by atoms with Crippen LogP contribution in [0.4, 0.5) is 5.69 Å². The van der Waals surface area contributed by atoms with Crippen molar-refractivity contribution in [1.82, 2.24) is 14.9 Å². The molecule has 0 amide bonds. The summed E-state index contributed by atoms with van der Waals surface area (Å²) in [4.78, 5) is 10.5. The van der Waals surface area contributed by atoms with E-state index in [2.05, 4.69) is 29.1 Å². The van der Waals surface area contributed by atoms with Crippen LogP contribution < -0.4 is 5.73 Å². The number of nitrogens with zero attached hydrogens (tertiary/aromatic N) is 2. The minimum atomic E-state index is -0.207. The topological polar surface area (TPSA) is 67.2 Å². The van der Waals surface area contributed by atoms with Gasteiger partial charge in [-0.2, -0.15) is 0 Å². The van der Waals surface area contributed by atoms with Crippen LogP contribution in [0.1, 0.15) is 30.3 Å². The van der Waals surface area contributed by atoms with Gasteiger partial charge in [-0.05, 0) is 37.6 Å². The highest BCUT2D eigenvalue weighted by molar-refractivity contribution is 5.87.